The first-order valence-corrected chi connectivity index (χ1v) is 10.6. The van der Waals surface area contributed by atoms with E-state index < -0.39 is 0 Å². The van der Waals surface area contributed by atoms with Crippen LogP contribution in [0.1, 0.15) is 44.1 Å². The van der Waals surface area contributed by atoms with Crippen molar-refractivity contribution in [3.63, 3.8) is 0 Å². The Labute approximate surface area is 167 Å². The van der Waals surface area contributed by atoms with Gasteiger partial charge in [-0.2, -0.15) is 0 Å². The smallest absolute Gasteiger partial charge is 0.317 e. The molecule has 1 unspecified atom stereocenters. The van der Waals surface area contributed by atoms with Gasteiger partial charge in [0.2, 0.25) is 5.91 Å². The number of hydrogen-bond donors (Lipinski definition) is 1. The van der Waals surface area contributed by atoms with Crippen LogP contribution in [0.4, 0.5) is 4.79 Å². The summed E-state index contributed by atoms with van der Waals surface area (Å²) < 4.78 is 5.74. The van der Waals surface area contributed by atoms with E-state index in [-0.39, 0.29) is 23.5 Å². The second-order valence-electron chi connectivity index (χ2n) is 8.54. The van der Waals surface area contributed by atoms with Gasteiger partial charge in [-0.1, -0.05) is 30.3 Å². The Balaban J connectivity index is 1.27. The highest BCUT2D eigenvalue weighted by Crippen LogP contribution is 2.40. The molecule has 3 aliphatic rings. The van der Waals surface area contributed by atoms with Crippen LogP contribution in [0.25, 0.3) is 0 Å². The average Bonchev–Trinajstić information content (AvgIpc) is 3.24. The molecule has 1 atom stereocenters. The number of likely N-dealkylation sites (tertiary alicyclic amines) is 2. The van der Waals surface area contributed by atoms with E-state index in [4.69, 9.17) is 4.74 Å². The fourth-order valence-electron chi connectivity index (χ4n) is 4.78. The number of urea groups is 1. The molecule has 6 heteroatoms. The quantitative estimate of drug-likeness (QED) is 0.867. The molecule has 6 nitrogen and oxygen atoms in total. The Kier molecular flexibility index (Phi) is 5.85. The molecule has 28 heavy (non-hydrogen) atoms. The first kappa shape index (κ1) is 19.2. The van der Waals surface area contributed by atoms with Crippen LogP contribution in [0.15, 0.2) is 30.3 Å². The lowest BCUT2D eigenvalue weighted by Gasteiger charge is -2.47. The van der Waals surface area contributed by atoms with Gasteiger partial charge < -0.3 is 19.9 Å². The maximum absolute atomic E-state index is 12.5. The summed E-state index contributed by atoms with van der Waals surface area (Å²) in [4.78, 5) is 28.9. The Morgan fingerprint density at radius 2 is 1.96 bits per heavy atom. The predicted octanol–water partition coefficient (Wildman–Crippen LogP) is 2.78. The van der Waals surface area contributed by atoms with Crippen LogP contribution >= 0.6 is 0 Å². The lowest BCUT2D eigenvalue weighted by molar-refractivity contribution is -0.140. The van der Waals surface area contributed by atoms with Crippen molar-refractivity contribution in [1.82, 2.24) is 15.1 Å². The number of hydrogen-bond acceptors (Lipinski definition) is 3. The number of carbonyl (C=O) groups excluding carboxylic acids is 2. The highest BCUT2D eigenvalue weighted by molar-refractivity contribution is 5.77. The Morgan fingerprint density at radius 1 is 1.18 bits per heavy atom. The second kappa shape index (κ2) is 8.52. The van der Waals surface area contributed by atoms with E-state index in [0.717, 1.165) is 70.5 Å². The molecule has 152 valence electrons. The Hall–Kier alpha value is -2.08. The fourth-order valence-corrected chi connectivity index (χ4v) is 4.78. The topological polar surface area (TPSA) is 61.9 Å². The van der Waals surface area contributed by atoms with Crippen molar-refractivity contribution in [3.05, 3.63) is 35.9 Å². The molecule has 0 saturated carbocycles. The van der Waals surface area contributed by atoms with Crippen LogP contribution < -0.4 is 5.32 Å². The number of nitrogens with zero attached hydrogens (tertiary/aromatic N) is 2. The summed E-state index contributed by atoms with van der Waals surface area (Å²) in [5, 5.41) is 3.03. The third kappa shape index (κ3) is 4.49. The molecule has 4 rings (SSSR count). The van der Waals surface area contributed by atoms with Gasteiger partial charge in [0, 0.05) is 45.8 Å². The van der Waals surface area contributed by atoms with Crippen LogP contribution in [0.5, 0.6) is 0 Å². The highest BCUT2D eigenvalue weighted by atomic mass is 16.5. The molecule has 1 spiro atoms. The fraction of sp³-hybridized carbons (Fsp3) is 0.636. The van der Waals surface area contributed by atoms with E-state index in [1.165, 1.54) is 0 Å². The van der Waals surface area contributed by atoms with E-state index in [2.05, 4.69) is 5.32 Å². The first-order valence-electron chi connectivity index (χ1n) is 10.6. The summed E-state index contributed by atoms with van der Waals surface area (Å²) in [6.45, 7) is 4.48. The zero-order valence-electron chi connectivity index (χ0n) is 16.6. The van der Waals surface area contributed by atoms with Crippen LogP contribution in [-0.4, -0.2) is 60.6 Å². The number of rotatable bonds is 4. The van der Waals surface area contributed by atoms with Gasteiger partial charge in [-0.05, 0) is 43.1 Å². The van der Waals surface area contributed by atoms with Gasteiger partial charge in [0.1, 0.15) is 0 Å². The van der Waals surface area contributed by atoms with Gasteiger partial charge in [0.15, 0.2) is 0 Å². The molecule has 1 aromatic rings. The van der Waals surface area contributed by atoms with Gasteiger partial charge in [-0.3, -0.25) is 4.79 Å². The zero-order valence-corrected chi connectivity index (χ0v) is 16.6. The molecule has 1 aromatic carbocycles. The second-order valence-corrected chi connectivity index (χ2v) is 8.54. The zero-order chi connectivity index (χ0) is 19.4. The largest absolute Gasteiger partial charge is 0.376 e. The van der Waals surface area contributed by atoms with Gasteiger partial charge in [-0.25, -0.2) is 4.79 Å². The standard InChI is InChI=1S/C22H31N3O3/c26-20-8-9-22(17-25(20)16-19-7-4-14-28-19)10-12-24(13-11-22)21(27)23-15-18-5-2-1-3-6-18/h1-3,5-6,19H,4,7-17H2,(H,23,27). The third-order valence-corrected chi connectivity index (χ3v) is 6.59. The van der Waals surface area contributed by atoms with E-state index in [1.807, 2.05) is 40.1 Å². The summed E-state index contributed by atoms with van der Waals surface area (Å²) >= 11 is 0. The summed E-state index contributed by atoms with van der Waals surface area (Å²) in [6, 6.07) is 10.0. The minimum absolute atomic E-state index is 0.0156. The van der Waals surface area contributed by atoms with Crippen LogP contribution in [-0.2, 0) is 16.1 Å². The Bertz CT molecular complexity index is 680. The van der Waals surface area contributed by atoms with Crippen LogP contribution in [0.3, 0.4) is 0 Å². The molecule has 3 heterocycles. The van der Waals surface area contributed by atoms with Gasteiger partial charge >= 0.3 is 6.03 Å². The number of ether oxygens (including phenoxy) is 1. The van der Waals surface area contributed by atoms with Crippen molar-refractivity contribution in [2.24, 2.45) is 5.41 Å². The minimum atomic E-state index is 0.0156. The van der Waals surface area contributed by atoms with Crippen molar-refractivity contribution < 1.29 is 14.3 Å². The third-order valence-electron chi connectivity index (χ3n) is 6.59. The minimum Gasteiger partial charge on any atom is -0.376 e. The monoisotopic (exact) mass is 385 g/mol. The molecule has 0 radical (unpaired) electrons. The predicted molar refractivity (Wildman–Crippen MR) is 107 cm³/mol. The summed E-state index contributed by atoms with van der Waals surface area (Å²) in [6.07, 6.45) is 5.90. The molecule has 3 amide bonds. The van der Waals surface area contributed by atoms with Crippen molar-refractivity contribution >= 4 is 11.9 Å². The van der Waals surface area contributed by atoms with Crippen molar-refractivity contribution in [2.75, 3.05) is 32.8 Å². The lowest BCUT2D eigenvalue weighted by atomic mass is 9.72. The highest BCUT2D eigenvalue weighted by Gasteiger charge is 2.42. The number of carbonyl (C=O) groups is 2. The molecule has 3 aliphatic heterocycles. The molecule has 3 fully saturated rings. The maximum Gasteiger partial charge on any atom is 0.317 e. The number of benzene rings is 1. The van der Waals surface area contributed by atoms with Gasteiger partial charge in [-0.15, -0.1) is 0 Å². The van der Waals surface area contributed by atoms with Crippen LogP contribution in [0.2, 0.25) is 0 Å². The summed E-state index contributed by atoms with van der Waals surface area (Å²) in [5.41, 5.74) is 1.28. The van der Waals surface area contributed by atoms with Crippen molar-refractivity contribution in [3.8, 4) is 0 Å². The van der Waals surface area contributed by atoms with E-state index in [9.17, 15) is 9.59 Å². The molecule has 0 aliphatic carbocycles. The lowest BCUT2D eigenvalue weighted by Crippen LogP contribution is -2.54. The van der Waals surface area contributed by atoms with Gasteiger partial charge in [0.25, 0.3) is 0 Å². The maximum atomic E-state index is 12.5. The van der Waals surface area contributed by atoms with Gasteiger partial charge in [0.05, 0.1) is 6.10 Å². The molecular weight excluding hydrogens is 354 g/mol. The van der Waals surface area contributed by atoms with Crippen molar-refractivity contribution in [2.45, 2.75) is 51.2 Å². The van der Waals surface area contributed by atoms with E-state index in [1.54, 1.807) is 0 Å². The summed E-state index contributed by atoms with van der Waals surface area (Å²) in [7, 11) is 0. The summed E-state index contributed by atoms with van der Waals surface area (Å²) in [5.74, 6) is 0.268. The number of amides is 3. The van der Waals surface area contributed by atoms with Crippen LogP contribution in [0, 0.1) is 5.41 Å². The molecule has 3 saturated heterocycles. The Morgan fingerprint density at radius 3 is 2.68 bits per heavy atom. The van der Waals surface area contributed by atoms with Crippen molar-refractivity contribution in [1.29, 1.82) is 0 Å². The molecule has 0 bridgehead atoms. The average molecular weight is 386 g/mol. The molecular formula is C22H31N3O3. The molecule has 1 N–H and O–H groups in total. The number of piperidine rings is 2. The number of nitrogens with one attached hydrogen (secondary N) is 1. The normalized spacial score (nSPS) is 24.6. The van der Waals surface area contributed by atoms with E-state index >= 15 is 0 Å². The molecule has 0 aromatic heterocycles. The van der Waals surface area contributed by atoms with E-state index in [0.29, 0.717) is 13.0 Å². The first-order chi connectivity index (χ1) is 13.6. The SMILES string of the molecule is O=C1CCC2(CCN(C(=O)NCc3ccccc3)CC2)CN1CC1CCCO1.